The molecule has 9 nitrogen and oxygen atoms in total. The van der Waals surface area contributed by atoms with Gasteiger partial charge in [-0.2, -0.15) is 0 Å². The van der Waals surface area contributed by atoms with Gasteiger partial charge in [0.2, 0.25) is 5.91 Å². The smallest absolute Gasteiger partial charge is 0.293 e. The summed E-state index contributed by atoms with van der Waals surface area (Å²) in [6, 6.07) is 4.12. The van der Waals surface area contributed by atoms with Gasteiger partial charge in [0.05, 0.1) is 15.9 Å². The Morgan fingerprint density at radius 3 is 2.77 bits per heavy atom. The van der Waals surface area contributed by atoms with Gasteiger partial charge in [-0.1, -0.05) is 36.9 Å². The first kappa shape index (κ1) is 23.2. The van der Waals surface area contributed by atoms with Crippen LogP contribution < -0.4 is 5.32 Å². The van der Waals surface area contributed by atoms with Crippen molar-refractivity contribution in [3.63, 3.8) is 0 Å². The maximum atomic E-state index is 12.5. The number of imide groups is 1. The number of rotatable bonds is 8. The number of benzene rings is 1. The topological polar surface area (TPSA) is 119 Å². The van der Waals surface area contributed by atoms with Crippen molar-refractivity contribution in [2.75, 3.05) is 19.7 Å². The van der Waals surface area contributed by atoms with Crippen molar-refractivity contribution in [3.8, 4) is 0 Å². The van der Waals surface area contributed by atoms with Gasteiger partial charge in [-0.25, -0.2) is 0 Å². The van der Waals surface area contributed by atoms with E-state index in [0.717, 1.165) is 42.3 Å². The van der Waals surface area contributed by atoms with Crippen molar-refractivity contribution in [1.82, 2.24) is 10.2 Å². The molecule has 1 aromatic carbocycles. The first-order valence-electron chi connectivity index (χ1n) is 9.93. The summed E-state index contributed by atoms with van der Waals surface area (Å²) in [5.74, 6) is -0.804. The molecule has 0 unspecified atom stereocenters. The van der Waals surface area contributed by atoms with Crippen LogP contribution in [0.1, 0.15) is 37.7 Å². The van der Waals surface area contributed by atoms with Gasteiger partial charge in [-0.3, -0.25) is 29.4 Å². The highest BCUT2D eigenvalue weighted by Crippen LogP contribution is 2.33. The number of hydrogen-bond acceptors (Lipinski definition) is 7. The lowest BCUT2D eigenvalue weighted by molar-refractivity contribution is -0.384. The number of nitrogens with zero attached hydrogens (tertiary/aromatic N) is 2. The third-order valence-corrected chi connectivity index (χ3v) is 6.23. The minimum atomic E-state index is -0.619. The SMILES string of the molecule is O=C(COC1CCCCC1)NCCN1C(=O)SC(=Cc2ccc(Cl)c([N+](=O)[O-])c2)C1=O. The van der Waals surface area contributed by atoms with E-state index in [9.17, 15) is 24.5 Å². The zero-order valence-corrected chi connectivity index (χ0v) is 18.2. The molecule has 3 amide bonds. The maximum Gasteiger partial charge on any atom is 0.293 e. The Bertz CT molecular complexity index is 916. The molecule has 31 heavy (non-hydrogen) atoms. The van der Waals surface area contributed by atoms with Crippen LogP contribution in [0.5, 0.6) is 0 Å². The molecule has 1 N–H and O–H groups in total. The zero-order chi connectivity index (χ0) is 22.4. The van der Waals surface area contributed by atoms with Crippen LogP contribution in [-0.4, -0.2) is 52.7 Å². The highest BCUT2D eigenvalue weighted by molar-refractivity contribution is 8.18. The van der Waals surface area contributed by atoms with Crippen LogP contribution in [0.4, 0.5) is 10.5 Å². The molecule has 1 aliphatic heterocycles. The number of nitro benzene ring substituents is 1. The molecule has 3 rings (SSSR count). The molecule has 0 atom stereocenters. The molecule has 0 bridgehead atoms. The summed E-state index contributed by atoms with van der Waals surface area (Å²) in [4.78, 5) is 48.2. The predicted octanol–water partition coefficient (Wildman–Crippen LogP) is 3.75. The van der Waals surface area contributed by atoms with Crippen LogP contribution in [0, 0.1) is 10.1 Å². The van der Waals surface area contributed by atoms with Crippen LogP contribution in [-0.2, 0) is 14.3 Å². The van der Waals surface area contributed by atoms with Gasteiger partial charge in [-0.15, -0.1) is 0 Å². The number of carbonyl (C=O) groups is 3. The van der Waals surface area contributed by atoms with Crippen LogP contribution >= 0.6 is 23.4 Å². The molecule has 2 aliphatic rings. The molecule has 0 aromatic heterocycles. The Hall–Kier alpha value is -2.43. The normalized spacial score (nSPS) is 18.6. The highest BCUT2D eigenvalue weighted by Gasteiger charge is 2.34. The van der Waals surface area contributed by atoms with Gasteiger partial charge < -0.3 is 10.1 Å². The van der Waals surface area contributed by atoms with Crippen LogP contribution in [0.15, 0.2) is 23.1 Å². The summed E-state index contributed by atoms with van der Waals surface area (Å²) in [6.45, 7) is 0.102. The molecule has 1 aromatic rings. The minimum absolute atomic E-state index is 0.0153. The molecule has 1 saturated heterocycles. The number of amides is 3. The van der Waals surface area contributed by atoms with Crippen LogP contribution in [0.2, 0.25) is 5.02 Å². The number of thioether (sulfide) groups is 1. The fourth-order valence-corrected chi connectivity index (χ4v) is 4.44. The molecule has 1 saturated carbocycles. The lowest BCUT2D eigenvalue weighted by Gasteiger charge is -2.21. The molecule has 0 radical (unpaired) electrons. The number of ether oxygens (including phenoxy) is 1. The zero-order valence-electron chi connectivity index (χ0n) is 16.7. The van der Waals surface area contributed by atoms with Gasteiger partial charge >= 0.3 is 0 Å². The first-order valence-corrected chi connectivity index (χ1v) is 11.1. The number of nitrogens with one attached hydrogen (secondary N) is 1. The lowest BCUT2D eigenvalue weighted by Crippen LogP contribution is -2.39. The van der Waals surface area contributed by atoms with Crippen LogP contribution in [0.25, 0.3) is 6.08 Å². The van der Waals surface area contributed by atoms with Crippen molar-refractivity contribution in [1.29, 1.82) is 0 Å². The fraction of sp³-hybridized carbons (Fsp3) is 0.450. The Kier molecular flexibility index (Phi) is 8.05. The number of halogens is 1. The molecule has 0 spiro atoms. The van der Waals surface area contributed by atoms with Gasteiger partial charge in [0.15, 0.2) is 0 Å². The average molecular weight is 468 g/mol. The largest absolute Gasteiger partial charge is 0.368 e. The molecule has 1 aliphatic carbocycles. The summed E-state index contributed by atoms with van der Waals surface area (Å²) in [7, 11) is 0. The first-order chi connectivity index (χ1) is 14.8. The van der Waals surface area contributed by atoms with Gasteiger partial charge in [0.1, 0.15) is 11.6 Å². The Labute approximate surface area is 188 Å². The van der Waals surface area contributed by atoms with E-state index in [2.05, 4.69) is 5.32 Å². The van der Waals surface area contributed by atoms with Crippen LogP contribution in [0.3, 0.4) is 0 Å². The number of hydrogen-bond donors (Lipinski definition) is 1. The summed E-state index contributed by atoms with van der Waals surface area (Å²) < 4.78 is 5.60. The van der Waals surface area contributed by atoms with Gasteiger partial charge in [0.25, 0.3) is 16.8 Å². The van der Waals surface area contributed by atoms with E-state index >= 15 is 0 Å². The van der Waals surface area contributed by atoms with Gasteiger partial charge in [0, 0.05) is 19.2 Å². The fourth-order valence-electron chi connectivity index (χ4n) is 3.39. The number of nitro groups is 1. The van der Waals surface area contributed by atoms with E-state index in [4.69, 9.17) is 16.3 Å². The van der Waals surface area contributed by atoms with E-state index in [1.54, 1.807) is 0 Å². The summed E-state index contributed by atoms with van der Waals surface area (Å²) >= 11 is 6.53. The molecule has 1 heterocycles. The third kappa shape index (κ3) is 6.28. The minimum Gasteiger partial charge on any atom is -0.368 e. The van der Waals surface area contributed by atoms with Crippen molar-refractivity contribution in [2.24, 2.45) is 0 Å². The van der Waals surface area contributed by atoms with Crippen molar-refractivity contribution in [3.05, 3.63) is 43.8 Å². The van der Waals surface area contributed by atoms with E-state index < -0.39 is 16.1 Å². The van der Waals surface area contributed by atoms with E-state index in [-0.39, 0.29) is 47.3 Å². The van der Waals surface area contributed by atoms with E-state index in [1.165, 1.54) is 30.7 Å². The van der Waals surface area contributed by atoms with E-state index in [1.807, 2.05) is 0 Å². The molecule has 166 valence electrons. The Balaban J connectivity index is 1.51. The van der Waals surface area contributed by atoms with Crippen molar-refractivity contribution < 1.29 is 24.0 Å². The molecular weight excluding hydrogens is 446 g/mol. The standard InChI is InChI=1S/C20H22ClN3O6S/c21-15-7-6-13(10-16(15)24(28)29)11-17-19(26)23(20(27)31-17)9-8-22-18(25)12-30-14-4-2-1-3-5-14/h6-7,10-11,14H,1-5,8-9,12H2,(H,22,25). The summed E-state index contributed by atoms with van der Waals surface area (Å²) in [5, 5.41) is 13.2. The Morgan fingerprint density at radius 1 is 1.32 bits per heavy atom. The second-order valence-electron chi connectivity index (χ2n) is 7.22. The quantitative estimate of drug-likeness (QED) is 0.351. The maximum absolute atomic E-state index is 12.5. The van der Waals surface area contributed by atoms with Crippen molar-refractivity contribution in [2.45, 2.75) is 38.2 Å². The molecular formula is C20H22ClN3O6S. The summed E-state index contributed by atoms with van der Waals surface area (Å²) in [5.41, 5.74) is 0.0996. The second-order valence-corrected chi connectivity index (χ2v) is 8.62. The van der Waals surface area contributed by atoms with Gasteiger partial charge in [-0.05, 0) is 42.3 Å². The average Bonchev–Trinajstić information content (AvgIpc) is 3.01. The highest BCUT2D eigenvalue weighted by atomic mass is 35.5. The molecule has 11 heteroatoms. The monoisotopic (exact) mass is 467 g/mol. The summed E-state index contributed by atoms with van der Waals surface area (Å²) in [6.07, 6.45) is 6.89. The second kappa shape index (κ2) is 10.7. The predicted molar refractivity (Wildman–Crippen MR) is 117 cm³/mol. The van der Waals surface area contributed by atoms with E-state index in [0.29, 0.717) is 5.56 Å². The number of carbonyl (C=O) groups excluding carboxylic acids is 3. The Morgan fingerprint density at radius 2 is 2.06 bits per heavy atom. The molecule has 2 fully saturated rings. The lowest BCUT2D eigenvalue weighted by atomic mass is 9.98. The third-order valence-electron chi connectivity index (χ3n) is 5.00. The van der Waals surface area contributed by atoms with Crippen molar-refractivity contribution >= 4 is 52.2 Å².